The lowest BCUT2D eigenvalue weighted by molar-refractivity contribution is 0.559. The Labute approximate surface area is 132 Å². The maximum atomic E-state index is 9.29. The van der Waals surface area contributed by atoms with Crippen molar-refractivity contribution in [3.63, 3.8) is 0 Å². The van der Waals surface area contributed by atoms with Crippen molar-refractivity contribution in [3.05, 3.63) is 44.7 Å². The summed E-state index contributed by atoms with van der Waals surface area (Å²) in [5.74, 6) is 0. The molecule has 0 N–H and O–H groups in total. The molecule has 0 atom stereocenters. The Kier molecular flexibility index (Phi) is 4.02. The lowest BCUT2D eigenvalue weighted by Crippen LogP contribution is -2.14. The molecule has 0 amide bonds. The second-order valence-electron chi connectivity index (χ2n) is 5.38. The lowest BCUT2D eigenvalue weighted by Gasteiger charge is -2.15. The van der Waals surface area contributed by atoms with Gasteiger partial charge in [0.05, 0.1) is 16.4 Å². The van der Waals surface area contributed by atoms with Gasteiger partial charge in [0.25, 0.3) is 0 Å². The minimum atomic E-state index is -0.293. The molecule has 0 aliphatic rings. The van der Waals surface area contributed by atoms with Gasteiger partial charge < -0.3 is 0 Å². The molecule has 0 bridgehead atoms. The molecule has 0 unspecified atom stereocenters. The molecule has 1 aromatic carbocycles. The molecule has 2 rings (SSSR count). The van der Waals surface area contributed by atoms with E-state index in [1.54, 1.807) is 18.2 Å². The Balaban J connectivity index is 2.71. The third-order valence-electron chi connectivity index (χ3n) is 2.79. The highest BCUT2D eigenvalue weighted by molar-refractivity contribution is 6.36. The van der Waals surface area contributed by atoms with Gasteiger partial charge in [-0.1, -0.05) is 55.6 Å². The van der Waals surface area contributed by atoms with Gasteiger partial charge in [-0.25, -0.2) is 4.68 Å². The van der Waals surface area contributed by atoms with Crippen LogP contribution in [0.4, 0.5) is 0 Å². The van der Waals surface area contributed by atoms with Crippen molar-refractivity contribution in [1.29, 1.82) is 5.26 Å². The Morgan fingerprint density at radius 1 is 1.20 bits per heavy atom. The van der Waals surface area contributed by atoms with Gasteiger partial charge in [-0.15, -0.1) is 0 Å². The first kappa shape index (κ1) is 15.2. The smallest absolute Gasteiger partial charge is 0.151 e. The predicted octanol–water partition coefficient (Wildman–Crippen LogP) is 5.00. The molecule has 0 radical (unpaired) electrons. The molecule has 2 aromatic rings. The lowest BCUT2D eigenvalue weighted by atomic mass is 9.90. The normalized spacial score (nSPS) is 11.4. The molecule has 1 aromatic heterocycles. The number of hydrogen-bond acceptors (Lipinski definition) is 2. The molecule has 6 heteroatoms. The van der Waals surface area contributed by atoms with Crippen molar-refractivity contribution in [2.24, 2.45) is 0 Å². The Morgan fingerprint density at radius 3 is 2.30 bits per heavy atom. The number of rotatable bonds is 1. The molecule has 0 saturated heterocycles. The highest BCUT2D eigenvalue weighted by Crippen LogP contribution is 2.33. The van der Waals surface area contributed by atoms with Gasteiger partial charge in [0.1, 0.15) is 11.6 Å². The largest absolute Gasteiger partial charge is 0.219 e. The van der Waals surface area contributed by atoms with Gasteiger partial charge in [-0.05, 0) is 18.2 Å². The molecule has 0 saturated carbocycles. The molecule has 0 fully saturated rings. The van der Waals surface area contributed by atoms with Crippen LogP contribution in [0.2, 0.25) is 15.2 Å². The molecule has 1 heterocycles. The third kappa shape index (κ3) is 2.64. The highest BCUT2D eigenvalue weighted by Gasteiger charge is 2.27. The number of nitrogens with zero attached hydrogens (tertiary/aromatic N) is 3. The molecular formula is C14H12Cl3N3. The molecule has 0 aliphatic carbocycles. The second-order valence-corrected chi connectivity index (χ2v) is 6.59. The number of nitriles is 1. The monoisotopic (exact) mass is 327 g/mol. The fourth-order valence-electron chi connectivity index (χ4n) is 1.83. The molecule has 0 spiro atoms. The molecule has 20 heavy (non-hydrogen) atoms. The van der Waals surface area contributed by atoms with Crippen LogP contribution in [0.3, 0.4) is 0 Å². The van der Waals surface area contributed by atoms with Gasteiger partial charge in [-0.3, -0.25) is 0 Å². The van der Waals surface area contributed by atoms with E-state index in [-0.39, 0.29) is 10.6 Å². The van der Waals surface area contributed by atoms with E-state index in [9.17, 15) is 5.26 Å². The van der Waals surface area contributed by atoms with Crippen LogP contribution in [0, 0.1) is 11.3 Å². The van der Waals surface area contributed by atoms with Crippen molar-refractivity contribution in [3.8, 4) is 11.8 Å². The fraction of sp³-hybridized carbons (Fsp3) is 0.286. The van der Waals surface area contributed by atoms with E-state index in [0.717, 1.165) is 0 Å². The van der Waals surface area contributed by atoms with Crippen LogP contribution in [0.5, 0.6) is 0 Å². The summed E-state index contributed by atoms with van der Waals surface area (Å²) in [6.07, 6.45) is 0. The zero-order valence-corrected chi connectivity index (χ0v) is 13.5. The summed E-state index contributed by atoms with van der Waals surface area (Å²) in [6, 6.07) is 7.13. The Hall–Kier alpha value is -1.21. The van der Waals surface area contributed by atoms with E-state index in [2.05, 4.69) is 11.2 Å². The van der Waals surface area contributed by atoms with Gasteiger partial charge in [-0.2, -0.15) is 10.4 Å². The molecule has 3 nitrogen and oxygen atoms in total. The number of aromatic nitrogens is 2. The minimum Gasteiger partial charge on any atom is -0.219 e. The second kappa shape index (κ2) is 5.29. The Bertz CT molecular complexity index is 706. The summed E-state index contributed by atoms with van der Waals surface area (Å²) < 4.78 is 1.47. The summed E-state index contributed by atoms with van der Waals surface area (Å²) in [7, 11) is 0. The maximum Gasteiger partial charge on any atom is 0.151 e. The van der Waals surface area contributed by atoms with E-state index in [1.807, 2.05) is 20.8 Å². The molecular weight excluding hydrogens is 317 g/mol. The summed E-state index contributed by atoms with van der Waals surface area (Å²) in [5.41, 5.74) is 1.30. The van der Waals surface area contributed by atoms with Crippen LogP contribution in [-0.4, -0.2) is 9.78 Å². The fourth-order valence-corrected chi connectivity index (χ4v) is 2.58. The van der Waals surface area contributed by atoms with Crippen molar-refractivity contribution in [1.82, 2.24) is 9.78 Å². The van der Waals surface area contributed by atoms with Crippen molar-refractivity contribution < 1.29 is 0 Å². The SMILES string of the molecule is CC(C)(C)c1nn(-c2ccc(Cl)cc2Cl)c(Cl)c1C#N. The first-order chi connectivity index (χ1) is 9.25. The van der Waals surface area contributed by atoms with Crippen LogP contribution in [0.15, 0.2) is 18.2 Å². The maximum absolute atomic E-state index is 9.29. The average Bonchev–Trinajstić information content (AvgIpc) is 2.66. The summed E-state index contributed by atoms with van der Waals surface area (Å²) >= 11 is 18.3. The van der Waals surface area contributed by atoms with Crippen LogP contribution in [0.25, 0.3) is 5.69 Å². The van der Waals surface area contributed by atoms with E-state index in [4.69, 9.17) is 34.8 Å². The van der Waals surface area contributed by atoms with E-state index in [1.165, 1.54) is 4.68 Å². The van der Waals surface area contributed by atoms with Crippen molar-refractivity contribution in [2.75, 3.05) is 0 Å². The van der Waals surface area contributed by atoms with Gasteiger partial charge in [0.15, 0.2) is 5.15 Å². The van der Waals surface area contributed by atoms with E-state index in [0.29, 0.717) is 27.0 Å². The summed E-state index contributed by atoms with van der Waals surface area (Å²) in [4.78, 5) is 0. The topological polar surface area (TPSA) is 41.6 Å². The standard InChI is InChI=1S/C14H12Cl3N3/c1-14(2,3)12-9(7-18)13(17)20(19-12)11-5-4-8(15)6-10(11)16/h4-6H,1-3H3. The zero-order chi connectivity index (χ0) is 15.1. The first-order valence-corrected chi connectivity index (χ1v) is 7.03. The first-order valence-electron chi connectivity index (χ1n) is 5.90. The molecule has 104 valence electrons. The summed E-state index contributed by atoms with van der Waals surface area (Å²) in [5, 5.41) is 14.9. The van der Waals surface area contributed by atoms with E-state index >= 15 is 0 Å². The van der Waals surface area contributed by atoms with Crippen LogP contribution in [0.1, 0.15) is 32.0 Å². The quantitative estimate of drug-likeness (QED) is 0.739. The van der Waals surface area contributed by atoms with Crippen LogP contribution in [-0.2, 0) is 5.41 Å². The van der Waals surface area contributed by atoms with Crippen molar-refractivity contribution >= 4 is 34.8 Å². The van der Waals surface area contributed by atoms with E-state index < -0.39 is 0 Å². The predicted molar refractivity (Wildman–Crippen MR) is 82.0 cm³/mol. The van der Waals surface area contributed by atoms with Gasteiger partial charge in [0.2, 0.25) is 0 Å². The summed E-state index contributed by atoms with van der Waals surface area (Å²) in [6.45, 7) is 5.92. The van der Waals surface area contributed by atoms with Crippen molar-refractivity contribution in [2.45, 2.75) is 26.2 Å². The number of halogens is 3. The highest BCUT2D eigenvalue weighted by atomic mass is 35.5. The number of benzene rings is 1. The van der Waals surface area contributed by atoms with Crippen LogP contribution < -0.4 is 0 Å². The number of hydrogen-bond donors (Lipinski definition) is 0. The average molecular weight is 329 g/mol. The van der Waals surface area contributed by atoms with Gasteiger partial charge >= 0.3 is 0 Å². The van der Waals surface area contributed by atoms with Gasteiger partial charge in [0, 0.05) is 10.4 Å². The Morgan fingerprint density at radius 2 is 1.85 bits per heavy atom. The minimum absolute atomic E-state index is 0.252. The zero-order valence-electron chi connectivity index (χ0n) is 11.2. The van der Waals surface area contributed by atoms with Crippen LogP contribution >= 0.6 is 34.8 Å². The third-order valence-corrected chi connectivity index (χ3v) is 3.68. The molecule has 0 aliphatic heterocycles.